The van der Waals surface area contributed by atoms with Gasteiger partial charge >= 0.3 is 0 Å². The highest BCUT2D eigenvalue weighted by atomic mass is 16.6. The molecule has 6 nitrogen and oxygen atoms in total. The fourth-order valence-electron chi connectivity index (χ4n) is 1.81. The second-order valence-corrected chi connectivity index (χ2v) is 4.68. The molecule has 1 aromatic carbocycles. The molecule has 1 amide bonds. The third-order valence-electron chi connectivity index (χ3n) is 3.04. The van der Waals surface area contributed by atoms with Crippen LogP contribution in [0.15, 0.2) is 12.1 Å². The number of rotatable bonds is 5. The van der Waals surface area contributed by atoms with Crippen LogP contribution in [0.5, 0.6) is 0 Å². The summed E-state index contributed by atoms with van der Waals surface area (Å²) in [5, 5.41) is 13.6. The molecule has 0 fully saturated rings. The summed E-state index contributed by atoms with van der Waals surface area (Å²) in [4.78, 5) is 22.3. The third kappa shape index (κ3) is 3.75. The Morgan fingerprint density at radius 1 is 1.42 bits per heavy atom. The van der Waals surface area contributed by atoms with Gasteiger partial charge in [0.15, 0.2) is 0 Å². The molecule has 1 rings (SSSR count). The first-order chi connectivity index (χ1) is 8.86. The fourth-order valence-corrected chi connectivity index (χ4v) is 1.81. The van der Waals surface area contributed by atoms with Crippen LogP contribution in [0.2, 0.25) is 0 Å². The second-order valence-electron chi connectivity index (χ2n) is 4.68. The molecule has 0 aliphatic carbocycles. The summed E-state index contributed by atoms with van der Waals surface area (Å²) in [6, 6.07) is 3.10. The van der Waals surface area contributed by atoms with E-state index in [1.54, 1.807) is 26.8 Å². The third-order valence-corrected chi connectivity index (χ3v) is 3.04. The number of nitrogens with one attached hydrogen (secondary N) is 1. The lowest BCUT2D eigenvalue weighted by Crippen LogP contribution is -2.23. The molecule has 6 heteroatoms. The summed E-state index contributed by atoms with van der Waals surface area (Å²) >= 11 is 0. The highest BCUT2D eigenvalue weighted by molar-refractivity contribution is 5.93. The van der Waals surface area contributed by atoms with Crippen molar-refractivity contribution in [1.82, 2.24) is 0 Å². The van der Waals surface area contributed by atoms with Gasteiger partial charge in [-0.05, 0) is 38.4 Å². The van der Waals surface area contributed by atoms with Crippen LogP contribution < -0.4 is 11.1 Å². The number of nitrogens with zero attached hydrogens (tertiary/aromatic N) is 1. The smallest absolute Gasteiger partial charge is 0.274 e. The minimum Gasteiger partial charge on any atom is -0.330 e. The van der Waals surface area contributed by atoms with Gasteiger partial charge in [-0.2, -0.15) is 0 Å². The zero-order chi connectivity index (χ0) is 14.6. The SMILES string of the molecule is Cc1cc(C)c([N+](=O)[O-])cc1NC(=O)C(C)CCN. The average Bonchev–Trinajstić information content (AvgIpc) is 2.32. The van der Waals surface area contributed by atoms with E-state index < -0.39 is 4.92 Å². The van der Waals surface area contributed by atoms with Crippen LogP contribution in [-0.4, -0.2) is 17.4 Å². The van der Waals surface area contributed by atoms with Crippen molar-refractivity contribution >= 4 is 17.3 Å². The normalized spacial score (nSPS) is 12.0. The maximum absolute atomic E-state index is 11.9. The zero-order valence-corrected chi connectivity index (χ0v) is 11.4. The van der Waals surface area contributed by atoms with Crippen molar-refractivity contribution in [2.45, 2.75) is 27.2 Å². The molecule has 104 valence electrons. The van der Waals surface area contributed by atoms with Crippen LogP contribution in [0, 0.1) is 29.9 Å². The largest absolute Gasteiger partial charge is 0.330 e. The molecule has 0 spiro atoms. The van der Waals surface area contributed by atoms with E-state index in [2.05, 4.69) is 5.32 Å². The van der Waals surface area contributed by atoms with E-state index in [0.717, 1.165) is 5.56 Å². The molecule has 1 aromatic rings. The van der Waals surface area contributed by atoms with Gasteiger partial charge in [-0.25, -0.2) is 0 Å². The predicted molar refractivity (Wildman–Crippen MR) is 74.0 cm³/mol. The Morgan fingerprint density at radius 2 is 2.05 bits per heavy atom. The van der Waals surface area contributed by atoms with E-state index >= 15 is 0 Å². The number of hydrogen-bond acceptors (Lipinski definition) is 4. The van der Waals surface area contributed by atoms with E-state index in [9.17, 15) is 14.9 Å². The number of carbonyl (C=O) groups excluding carboxylic acids is 1. The van der Waals surface area contributed by atoms with Crippen molar-refractivity contribution in [3.63, 3.8) is 0 Å². The number of amides is 1. The fraction of sp³-hybridized carbons (Fsp3) is 0.462. The van der Waals surface area contributed by atoms with Crippen LogP contribution in [0.4, 0.5) is 11.4 Å². The number of benzene rings is 1. The molecule has 19 heavy (non-hydrogen) atoms. The number of aryl methyl sites for hydroxylation is 2. The lowest BCUT2D eigenvalue weighted by molar-refractivity contribution is -0.385. The molecule has 1 unspecified atom stereocenters. The van der Waals surface area contributed by atoms with Crippen molar-refractivity contribution in [2.24, 2.45) is 11.7 Å². The maximum Gasteiger partial charge on any atom is 0.274 e. The number of anilines is 1. The van der Waals surface area contributed by atoms with Gasteiger partial charge in [0.1, 0.15) is 0 Å². The van der Waals surface area contributed by atoms with Gasteiger partial charge in [0.2, 0.25) is 5.91 Å². The molecular formula is C13H19N3O3. The Morgan fingerprint density at radius 3 is 2.58 bits per heavy atom. The van der Waals surface area contributed by atoms with Crippen molar-refractivity contribution in [3.8, 4) is 0 Å². The van der Waals surface area contributed by atoms with Crippen molar-refractivity contribution in [1.29, 1.82) is 0 Å². The molecule has 0 heterocycles. The lowest BCUT2D eigenvalue weighted by atomic mass is 10.1. The molecule has 0 aliphatic heterocycles. The van der Waals surface area contributed by atoms with Gasteiger partial charge in [-0.1, -0.05) is 6.92 Å². The van der Waals surface area contributed by atoms with Crippen LogP contribution in [-0.2, 0) is 4.79 Å². The zero-order valence-electron chi connectivity index (χ0n) is 11.4. The predicted octanol–water partition coefficient (Wildman–Crippen LogP) is 2.14. The number of hydrogen-bond donors (Lipinski definition) is 2. The molecule has 0 saturated carbocycles. The Bertz CT molecular complexity index is 500. The molecule has 0 bridgehead atoms. The second kappa shape index (κ2) is 6.29. The number of nitrogens with two attached hydrogens (primary N) is 1. The summed E-state index contributed by atoms with van der Waals surface area (Å²) in [5.41, 5.74) is 7.27. The summed E-state index contributed by atoms with van der Waals surface area (Å²) < 4.78 is 0. The summed E-state index contributed by atoms with van der Waals surface area (Å²) in [7, 11) is 0. The Labute approximate surface area is 112 Å². The van der Waals surface area contributed by atoms with Crippen LogP contribution in [0.1, 0.15) is 24.5 Å². The summed E-state index contributed by atoms with van der Waals surface area (Å²) in [5.74, 6) is -0.392. The Hall–Kier alpha value is -1.95. The quantitative estimate of drug-likeness (QED) is 0.629. The van der Waals surface area contributed by atoms with Crippen molar-refractivity contribution in [3.05, 3.63) is 33.4 Å². The van der Waals surface area contributed by atoms with Gasteiger partial charge in [-0.15, -0.1) is 0 Å². The minimum absolute atomic E-state index is 0.00683. The molecule has 0 aliphatic rings. The van der Waals surface area contributed by atoms with Gasteiger partial charge in [0, 0.05) is 17.5 Å². The van der Waals surface area contributed by atoms with Gasteiger partial charge in [0.25, 0.3) is 5.69 Å². The first-order valence-electron chi connectivity index (χ1n) is 6.13. The van der Waals surface area contributed by atoms with Crippen molar-refractivity contribution < 1.29 is 9.72 Å². The average molecular weight is 265 g/mol. The standard InChI is InChI=1S/C13H19N3O3/c1-8(4-5-14)13(17)15-11-7-12(16(18)19)10(3)6-9(11)2/h6-8H,4-5,14H2,1-3H3,(H,15,17). The monoisotopic (exact) mass is 265 g/mol. The molecule has 0 radical (unpaired) electrons. The molecule has 0 saturated heterocycles. The molecule has 1 atom stereocenters. The summed E-state index contributed by atoms with van der Waals surface area (Å²) in [6.45, 7) is 5.69. The number of carbonyl (C=O) groups is 1. The molecular weight excluding hydrogens is 246 g/mol. The van der Waals surface area contributed by atoms with E-state index in [4.69, 9.17) is 5.73 Å². The highest BCUT2D eigenvalue weighted by Gasteiger charge is 2.17. The Balaban J connectivity index is 2.98. The first kappa shape index (κ1) is 15.1. The number of nitro groups is 1. The minimum atomic E-state index is -0.451. The Kier molecular flexibility index (Phi) is 5.00. The summed E-state index contributed by atoms with van der Waals surface area (Å²) in [6.07, 6.45) is 0.582. The van der Waals surface area contributed by atoms with Crippen molar-refractivity contribution in [2.75, 3.05) is 11.9 Å². The topological polar surface area (TPSA) is 98.3 Å². The van der Waals surface area contributed by atoms with E-state index in [1.165, 1.54) is 6.07 Å². The van der Waals surface area contributed by atoms with Gasteiger partial charge in [0.05, 0.1) is 10.6 Å². The number of nitro benzene ring substituents is 1. The van der Waals surface area contributed by atoms with Crippen LogP contribution >= 0.6 is 0 Å². The highest BCUT2D eigenvalue weighted by Crippen LogP contribution is 2.26. The first-order valence-corrected chi connectivity index (χ1v) is 6.13. The van der Waals surface area contributed by atoms with E-state index in [0.29, 0.717) is 24.2 Å². The van der Waals surface area contributed by atoms with Gasteiger partial charge < -0.3 is 11.1 Å². The molecule has 3 N–H and O–H groups in total. The van der Waals surface area contributed by atoms with E-state index in [-0.39, 0.29) is 17.5 Å². The van der Waals surface area contributed by atoms with Crippen LogP contribution in [0.25, 0.3) is 0 Å². The molecule has 0 aromatic heterocycles. The maximum atomic E-state index is 11.9. The van der Waals surface area contributed by atoms with Crippen LogP contribution in [0.3, 0.4) is 0 Å². The van der Waals surface area contributed by atoms with E-state index in [1.807, 2.05) is 0 Å². The van der Waals surface area contributed by atoms with Gasteiger partial charge in [-0.3, -0.25) is 14.9 Å². The lowest BCUT2D eigenvalue weighted by Gasteiger charge is -2.13.